The van der Waals surface area contributed by atoms with Crippen LogP contribution < -0.4 is 0 Å². The molecule has 2 aliphatic rings. The van der Waals surface area contributed by atoms with Gasteiger partial charge < -0.3 is 14.3 Å². The van der Waals surface area contributed by atoms with Crippen LogP contribution in [0.5, 0.6) is 0 Å². The minimum Gasteiger partial charge on any atom is -0.466 e. The Labute approximate surface area is 156 Å². The monoisotopic (exact) mass is 354 g/mol. The van der Waals surface area contributed by atoms with Gasteiger partial charge in [0, 0.05) is 28.7 Å². The number of furan rings is 1. The van der Waals surface area contributed by atoms with Crippen molar-refractivity contribution >= 4 is 16.8 Å². The van der Waals surface area contributed by atoms with E-state index in [2.05, 4.69) is 29.2 Å². The van der Waals surface area contributed by atoms with E-state index in [0.29, 0.717) is 6.54 Å². The smallest absolute Gasteiger partial charge is 0.255 e. The number of aryl methyl sites for hydroxylation is 1. The molecule has 0 saturated carbocycles. The largest absolute Gasteiger partial charge is 0.466 e. The first-order chi connectivity index (χ1) is 13.2. The second-order valence-electron chi connectivity index (χ2n) is 7.45. The molecule has 4 aromatic rings. The summed E-state index contributed by atoms with van der Waals surface area (Å²) in [6.45, 7) is 2.59. The van der Waals surface area contributed by atoms with Gasteiger partial charge >= 0.3 is 0 Å². The van der Waals surface area contributed by atoms with E-state index in [4.69, 9.17) is 4.42 Å². The number of nitrogens with zero attached hydrogens (tertiary/aromatic N) is 1. The number of amides is 1. The normalized spacial score (nSPS) is 20.6. The molecule has 0 saturated heterocycles. The second kappa shape index (κ2) is 5.13. The molecule has 4 heterocycles. The Balaban J connectivity index is 1.65. The van der Waals surface area contributed by atoms with Crippen molar-refractivity contribution in [3.05, 3.63) is 94.6 Å². The van der Waals surface area contributed by atoms with Crippen molar-refractivity contribution in [2.75, 3.05) is 6.54 Å². The lowest BCUT2D eigenvalue weighted by molar-refractivity contribution is 0.0723. The molecule has 2 aromatic heterocycles. The quantitative estimate of drug-likeness (QED) is 0.536. The van der Waals surface area contributed by atoms with Gasteiger partial charge in [0.1, 0.15) is 11.5 Å². The summed E-state index contributed by atoms with van der Waals surface area (Å²) in [6.07, 6.45) is 0. The van der Waals surface area contributed by atoms with Gasteiger partial charge in [-0.3, -0.25) is 4.79 Å². The lowest BCUT2D eigenvalue weighted by Gasteiger charge is -2.35. The summed E-state index contributed by atoms with van der Waals surface area (Å²) in [5.74, 6) is 1.94. The standard InChI is InChI=1S/C23H18N2O2/c1-13-10-11-19(27-13)17-12-25-22(14-6-2-3-7-15(14)23(25)26)21-20(17)16-8-4-5-9-18(16)24-21/h2-11,17,22,24H,12H2,1H3. The molecule has 0 fully saturated rings. The minimum atomic E-state index is -0.0524. The number of rotatable bonds is 1. The van der Waals surface area contributed by atoms with E-state index in [0.717, 1.165) is 33.9 Å². The van der Waals surface area contributed by atoms with Crippen molar-refractivity contribution in [1.29, 1.82) is 0 Å². The molecule has 0 spiro atoms. The van der Waals surface area contributed by atoms with Crippen molar-refractivity contribution in [1.82, 2.24) is 9.88 Å². The maximum absolute atomic E-state index is 13.1. The van der Waals surface area contributed by atoms with Gasteiger partial charge in [0.15, 0.2) is 0 Å². The summed E-state index contributed by atoms with van der Waals surface area (Å²) in [5.41, 5.74) is 5.37. The van der Waals surface area contributed by atoms with Gasteiger partial charge in [0.05, 0.1) is 12.0 Å². The molecule has 2 atom stereocenters. The minimum absolute atomic E-state index is 0.0272. The van der Waals surface area contributed by atoms with Crippen LogP contribution >= 0.6 is 0 Å². The zero-order valence-corrected chi connectivity index (χ0v) is 14.9. The number of hydrogen-bond donors (Lipinski definition) is 1. The topological polar surface area (TPSA) is 49.2 Å². The van der Waals surface area contributed by atoms with Crippen molar-refractivity contribution in [3.8, 4) is 0 Å². The van der Waals surface area contributed by atoms with Gasteiger partial charge in [0.2, 0.25) is 0 Å². The number of aromatic amines is 1. The third kappa shape index (κ3) is 1.90. The first-order valence-corrected chi connectivity index (χ1v) is 9.29. The van der Waals surface area contributed by atoms with Crippen LogP contribution in [-0.4, -0.2) is 22.3 Å². The Morgan fingerprint density at radius 1 is 1.04 bits per heavy atom. The van der Waals surface area contributed by atoms with Gasteiger partial charge in [-0.15, -0.1) is 0 Å². The van der Waals surface area contributed by atoms with Crippen LogP contribution in [0.15, 0.2) is 65.1 Å². The Bertz CT molecular complexity index is 1220. The molecule has 4 nitrogen and oxygen atoms in total. The molecule has 2 aliphatic heterocycles. The molecule has 0 radical (unpaired) electrons. The maximum Gasteiger partial charge on any atom is 0.255 e. The highest BCUT2D eigenvalue weighted by atomic mass is 16.3. The first-order valence-electron chi connectivity index (χ1n) is 9.29. The van der Waals surface area contributed by atoms with Crippen LogP contribution in [0.1, 0.15) is 50.7 Å². The number of nitrogens with one attached hydrogen (secondary N) is 1. The molecule has 2 aromatic carbocycles. The summed E-state index contributed by atoms with van der Waals surface area (Å²) < 4.78 is 6.01. The number of benzene rings is 2. The molecule has 1 N–H and O–H groups in total. The molecule has 132 valence electrons. The van der Waals surface area contributed by atoms with Crippen molar-refractivity contribution in [3.63, 3.8) is 0 Å². The SMILES string of the molecule is Cc1ccc(C2CN3C(=O)c4ccccc4C3c3[nH]c4ccccc4c32)o1. The first kappa shape index (κ1) is 14.9. The van der Waals surface area contributed by atoms with E-state index in [9.17, 15) is 4.79 Å². The zero-order chi connectivity index (χ0) is 18.1. The molecule has 1 amide bonds. The number of carbonyl (C=O) groups is 1. The fraction of sp³-hybridized carbons (Fsp3) is 0.174. The Hall–Kier alpha value is -3.27. The third-order valence-corrected chi connectivity index (χ3v) is 5.94. The van der Waals surface area contributed by atoms with Crippen molar-refractivity contribution < 1.29 is 9.21 Å². The van der Waals surface area contributed by atoms with Gasteiger partial charge in [-0.1, -0.05) is 36.4 Å². The molecular formula is C23H18N2O2. The number of hydrogen-bond acceptors (Lipinski definition) is 2. The van der Waals surface area contributed by atoms with Crippen LogP contribution in [-0.2, 0) is 0 Å². The van der Waals surface area contributed by atoms with E-state index >= 15 is 0 Å². The molecule has 6 rings (SSSR count). The highest BCUT2D eigenvalue weighted by Gasteiger charge is 2.46. The van der Waals surface area contributed by atoms with Gasteiger partial charge in [0.25, 0.3) is 5.91 Å². The third-order valence-electron chi connectivity index (χ3n) is 5.94. The fourth-order valence-electron chi connectivity index (χ4n) is 4.81. The maximum atomic E-state index is 13.1. The summed E-state index contributed by atoms with van der Waals surface area (Å²) in [6, 6.07) is 20.3. The van der Waals surface area contributed by atoms with E-state index in [1.165, 1.54) is 10.9 Å². The number of carbonyl (C=O) groups excluding carboxylic acids is 1. The van der Waals surface area contributed by atoms with Gasteiger partial charge in [-0.25, -0.2) is 0 Å². The average Bonchev–Trinajstić information content (AvgIpc) is 3.36. The zero-order valence-electron chi connectivity index (χ0n) is 14.9. The highest BCUT2D eigenvalue weighted by Crippen LogP contribution is 2.49. The van der Waals surface area contributed by atoms with Gasteiger partial charge in [-0.2, -0.15) is 0 Å². The highest BCUT2D eigenvalue weighted by molar-refractivity contribution is 6.01. The van der Waals surface area contributed by atoms with Crippen molar-refractivity contribution in [2.45, 2.75) is 18.9 Å². The van der Waals surface area contributed by atoms with Crippen molar-refractivity contribution in [2.24, 2.45) is 0 Å². The predicted octanol–water partition coefficient (Wildman–Crippen LogP) is 4.76. The number of aromatic nitrogens is 1. The average molecular weight is 354 g/mol. The summed E-state index contributed by atoms with van der Waals surface area (Å²) in [5, 5.41) is 1.21. The van der Waals surface area contributed by atoms with Crippen LogP contribution in [0.25, 0.3) is 10.9 Å². The van der Waals surface area contributed by atoms with Gasteiger partial charge in [-0.05, 0) is 42.3 Å². The number of para-hydroxylation sites is 1. The van der Waals surface area contributed by atoms with E-state index in [1.807, 2.05) is 48.2 Å². The van der Waals surface area contributed by atoms with Crippen LogP contribution in [0, 0.1) is 6.92 Å². The fourth-order valence-corrected chi connectivity index (χ4v) is 4.81. The lowest BCUT2D eigenvalue weighted by Crippen LogP contribution is -2.37. The van der Waals surface area contributed by atoms with Crippen LogP contribution in [0.3, 0.4) is 0 Å². The summed E-state index contributed by atoms with van der Waals surface area (Å²) >= 11 is 0. The molecule has 2 unspecified atom stereocenters. The number of H-pyrrole nitrogens is 1. The van der Waals surface area contributed by atoms with E-state index in [1.54, 1.807) is 0 Å². The molecule has 27 heavy (non-hydrogen) atoms. The predicted molar refractivity (Wildman–Crippen MR) is 103 cm³/mol. The van der Waals surface area contributed by atoms with E-state index < -0.39 is 0 Å². The Kier molecular flexibility index (Phi) is 2.82. The Morgan fingerprint density at radius 3 is 2.70 bits per heavy atom. The summed E-state index contributed by atoms with van der Waals surface area (Å²) in [4.78, 5) is 18.7. The molecule has 0 aliphatic carbocycles. The van der Waals surface area contributed by atoms with Crippen LogP contribution in [0.2, 0.25) is 0 Å². The summed E-state index contributed by atoms with van der Waals surface area (Å²) in [7, 11) is 0. The van der Waals surface area contributed by atoms with Crippen LogP contribution in [0.4, 0.5) is 0 Å². The molecule has 4 heteroatoms. The Morgan fingerprint density at radius 2 is 1.85 bits per heavy atom. The van der Waals surface area contributed by atoms with E-state index in [-0.39, 0.29) is 17.9 Å². The second-order valence-corrected chi connectivity index (χ2v) is 7.45. The lowest BCUT2D eigenvalue weighted by atomic mass is 9.85. The number of fused-ring (bicyclic) bond motifs is 7. The molecular weight excluding hydrogens is 336 g/mol. The molecule has 0 bridgehead atoms.